The summed E-state index contributed by atoms with van der Waals surface area (Å²) in [5.74, 6) is 1.53. The first-order valence-electron chi connectivity index (χ1n) is 10.3. The summed E-state index contributed by atoms with van der Waals surface area (Å²) in [6.45, 7) is 5.38. The van der Waals surface area contributed by atoms with Crippen LogP contribution in [0.15, 0.2) is 79.5 Å². The fraction of sp³-hybridized carbons (Fsp3) is 0.208. The van der Waals surface area contributed by atoms with Gasteiger partial charge in [-0.3, -0.25) is 4.98 Å². The van der Waals surface area contributed by atoms with Crippen LogP contribution in [0.1, 0.15) is 24.6 Å². The maximum Gasteiger partial charge on any atom is 0.246 e. The molecule has 6 nitrogen and oxygen atoms in total. The van der Waals surface area contributed by atoms with Gasteiger partial charge in [-0.25, -0.2) is 4.52 Å². The van der Waals surface area contributed by atoms with Gasteiger partial charge in [0.2, 0.25) is 5.95 Å². The predicted molar refractivity (Wildman–Crippen MR) is 121 cm³/mol. The zero-order valence-electron chi connectivity index (χ0n) is 16.8. The molecule has 0 amide bonds. The number of nitrogens with one attached hydrogen (secondary N) is 1. The van der Waals surface area contributed by atoms with E-state index in [0.717, 1.165) is 53.6 Å². The third kappa shape index (κ3) is 3.30. The third-order valence-electron chi connectivity index (χ3n) is 5.52. The van der Waals surface area contributed by atoms with Crippen molar-refractivity contribution in [3.8, 4) is 11.3 Å². The Morgan fingerprint density at radius 2 is 1.93 bits per heavy atom. The summed E-state index contributed by atoms with van der Waals surface area (Å²) in [5.41, 5.74) is 4.19. The highest BCUT2D eigenvalue weighted by Gasteiger charge is 2.30. The molecule has 1 fully saturated rings. The summed E-state index contributed by atoms with van der Waals surface area (Å²) in [4.78, 5) is 11.8. The van der Waals surface area contributed by atoms with Crippen LogP contribution in [0.2, 0.25) is 0 Å². The normalized spacial score (nSPS) is 16.1. The first-order valence-corrected chi connectivity index (χ1v) is 10.3. The second kappa shape index (κ2) is 7.99. The van der Waals surface area contributed by atoms with E-state index in [0.29, 0.717) is 6.54 Å². The second-order valence-corrected chi connectivity index (χ2v) is 7.42. The number of rotatable bonds is 6. The quantitative estimate of drug-likeness (QED) is 0.478. The smallest absolute Gasteiger partial charge is 0.246 e. The van der Waals surface area contributed by atoms with E-state index in [1.54, 1.807) is 0 Å². The third-order valence-corrected chi connectivity index (χ3v) is 5.52. The molecule has 4 heterocycles. The molecule has 0 radical (unpaired) electrons. The second-order valence-electron chi connectivity index (χ2n) is 7.42. The van der Waals surface area contributed by atoms with E-state index in [2.05, 4.69) is 52.1 Å². The molecular weight excluding hydrogens is 372 g/mol. The van der Waals surface area contributed by atoms with Crippen LogP contribution < -0.4 is 10.2 Å². The molecule has 1 unspecified atom stereocenters. The van der Waals surface area contributed by atoms with Crippen molar-refractivity contribution >= 4 is 17.3 Å². The lowest BCUT2D eigenvalue weighted by Gasteiger charge is -2.25. The van der Waals surface area contributed by atoms with Crippen LogP contribution in [-0.2, 0) is 0 Å². The van der Waals surface area contributed by atoms with Gasteiger partial charge in [0.1, 0.15) is 5.52 Å². The van der Waals surface area contributed by atoms with Crippen LogP contribution in [0.4, 0.5) is 11.8 Å². The Morgan fingerprint density at radius 1 is 1.07 bits per heavy atom. The lowest BCUT2D eigenvalue weighted by Crippen LogP contribution is -2.26. The number of anilines is 2. The van der Waals surface area contributed by atoms with Crippen LogP contribution in [0, 0.1) is 0 Å². The average Bonchev–Trinajstić information content (AvgIpc) is 3.46. The minimum atomic E-state index is 0.187. The van der Waals surface area contributed by atoms with Crippen molar-refractivity contribution in [3.05, 3.63) is 85.2 Å². The monoisotopic (exact) mass is 396 g/mol. The Hall–Kier alpha value is -3.67. The van der Waals surface area contributed by atoms with Crippen molar-refractivity contribution in [1.82, 2.24) is 19.6 Å². The van der Waals surface area contributed by atoms with Gasteiger partial charge in [0.25, 0.3) is 0 Å². The van der Waals surface area contributed by atoms with Gasteiger partial charge in [0, 0.05) is 24.8 Å². The first-order chi connectivity index (χ1) is 14.8. The van der Waals surface area contributed by atoms with E-state index < -0.39 is 0 Å². The van der Waals surface area contributed by atoms with Crippen molar-refractivity contribution in [2.24, 2.45) is 0 Å². The van der Waals surface area contributed by atoms with Gasteiger partial charge in [0.15, 0.2) is 5.82 Å². The van der Waals surface area contributed by atoms with Gasteiger partial charge in [-0.1, -0.05) is 42.5 Å². The number of nitrogens with zero attached hydrogens (tertiary/aromatic N) is 5. The number of hydrogen-bond donors (Lipinski definition) is 1. The fourth-order valence-corrected chi connectivity index (χ4v) is 4.12. The number of hydrogen-bond acceptors (Lipinski definition) is 5. The summed E-state index contributed by atoms with van der Waals surface area (Å²) >= 11 is 0. The minimum absolute atomic E-state index is 0.187. The zero-order chi connectivity index (χ0) is 20.3. The summed E-state index contributed by atoms with van der Waals surface area (Å²) in [5, 5.41) is 8.36. The SMILES string of the molecule is C=CCNc1nc(N2CCCC2c2ccccn2)nn2c(-c3ccccc3)ccc12. The summed E-state index contributed by atoms with van der Waals surface area (Å²) in [7, 11) is 0. The zero-order valence-corrected chi connectivity index (χ0v) is 16.8. The molecule has 5 rings (SSSR count). The molecule has 1 aromatic carbocycles. The topological polar surface area (TPSA) is 58.4 Å². The Bertz CT molecular complexity index is 1150. The van der Waals surface area contributed by atoms with Crippen molar-refractivity contribution in [1.29, 1.82) is 0 Å². The number of aromatic nitrogens is 4. The molecule has 150 valence electrons. The minimum Gasteiger partial charge on any atom is -0.365 e. The molecule has 0 bridgehead atoms. The number of benzene rings is 1. The molecule has 0 saturated carbocycles. The predicted octanol–water partition coefficient (Wildman–Crippen LogP) is 4.73. The van der Waals surface area contributed by atoms with Gasteiger partial charge in [-0.05, 0) is 37.1 Å². The molecule has 1 N–H and O–H groups in total. The molecule has 0 aliphatic carbocycles. The van der Waals surface area contributed by atoms with Crippen LogP contribution in [-0.4, -0.2) is 32.7 Å². The van der Waals surface area contributed by atoms with Crippen molar-refractivity contribution < 1.29 is 0 Å². The summed E-state index contributed by atoms with van der Waals surface area (Å²) < 4.78 is 2.00. The molecule has 3 aromatic heterocycles. The Kier molecular flexibility index (Phi) is 4.89. The molecule has 0 spiro atoms. The Morgan fingerprint density at radius 3 is 2.73 bits per heavy atom. The van der Waals surface area contributed by atoms with Crippen molar-refractivity contribution in [3.63, 3.8) is 0 Å². The number of pyridine rings is 1. The Balaban J connectivity index is 1.63. The van der Waals surface area contributed by atoms with Crippen LogP contribution in [0.5, 0.6) is 0 Å². The molecular formula is C24H24N6. The highest BCUT2D eigenvalue weighted by atomic mass is 15.4. The van der Waals surface area contributed by atoms with E-state index >= 15 is 0 Å². The molecule has 30 heavy (non-hydrogen) atoms. The van der Waals surface area contributed by atoms with Crippen molar-refractivity contribution in [2.75, 3.05) is 23.3 Å². The molecule has 1 aliphatic heterocycles. The molecule has 4 aromatic rings. The fourth-order valence-electron chi connectivity index (χ4n) is 4.12. The van der Waals surface area contributed by atoms with Gasteiger partial charge in [0.05, 0.1) is 17.4 Å². The van der Waals surface area contributed by atoms with Crippen LogP contribution in [0.3, 0.4) is 0 Å². The maximum atomic E-state index is 4.98. The Labute approximate surface area is 175 Å². The lowest BCUT2D eigenvalue weighted by atomic mass is 10.1. The molecule has 1 aliphatic rings. The van der Waals surface area contributed by atoms with Crippen LogP contribution in [0.25, 0.3) is 16.8 Å². The van der Waals surface area contributed by atoms with Gasteiger partial charge >= 0.3 is 0 Å². The van der Waals surface area contributed by atoms with Crippen molar-refractivity contribution in [2.45, 2.75) is 18.9 Å². The highest BCUT2D eigenvalue weighted by molar-refractivity contribution is 5.75. The first kappa shape index (κ1) is 18.4. The maximum absolute atomic E-state index is 4.98. The van der Waals surface area contributed by atoms with E-state index in [9.17, 15) is 0 Å². The molecule has 6 heteroatoms. The van der Waals surface area contributed by atoms with Crippen LogP contribution >= 0.6 is 0 Å². The van der Waals surface area contributed by atoms with Gasteiger partial charge < -0.3 is 10.2 Å². The molecule has 1 atom stereocenters. The average molecular weight is 396 g/mol. The number of fused-ring (bicyclic) bond motifs is 1. The summed E-state index contributed by atoms with van der Waals surface area (Å²) in [6.07, 6.45) is 5.83. The van der Waals surface area contributed by atoms with Gasteiger partial charge in [-0.2, -0.15) is 4.98 Å². The van der Waals surface area contributed by atoms with E-state index in [1.165, 1.54) is 0 Å². The summed E-state index contributed by atoms with van der Waals surface area (Å²) in [6, 6.07) is 20.8. The standard InChI is InChI=1S/C24H24N6/c1-2-15-26-23-22-14-13-20(18-9-4-3-5-10-18)30(22)28-24(27-23)29-17-8-12-21(29)19-11-6-7-16-25-19/h2-7,9-11,13-14,16,21H,1,8,12,15,17H2,(H,26,27,28). The van der Waals surface area contributed by atoms with E-state index in [-0.39, 0.29) is 6.04 Å². The molecule has 1 saturated heterocycles. The van der Waals surface area contributed by atoms with E-state index in [4.69, 9.17) is 10.1 Å². The van der Waals surface area contributed by atoms with Gasteiger partial charge in [-0.15, -0.1) is 11.7 Å². The van der Waals surface area contributed by atoms with E-state index in [1.807, 2.05) is 47.1 Å². The largest absolute Gasteiger partial charge is 0.365 e. The highest BCUT2D eigenvalue weighted by Crippen LogP contribution is 2.35. The lowest BCUT2D eigenvalue weighted by molar-refractivity contribution is 0.670.